The van der Waals surface area contributed by atoms with Crippen molar-refractivity contribution in [3.05, 3.63) is 166 Å². The second-order valence-corrected chi connectivity index (χ2v) is 26.0. The van der Waals surface area contributed by atoms with Crippen LogP contribution < -0.4 is 13.5 Å². The summed E-state index contributed by atoms with van der Waals surface area (Å²) in [7, 11) is 8.46. The van der Waals surface area contributed by atoms with Crippen LogP contribution in [0.3, 0.4) is 0 Å². The molecule has 0 atom stereocenters. The van der Waals surface area contributed by atoms with Gasteiger partial charge < -0.3 is 8.98 Å². The minimum atomic E-state index is -1.83. The molecule has 7 aromatic rings. The Morgan fingerprint density at radius 1 is 0.679 bits per heavy atom. The number of benzene rings is 4. The predicted molar refractivity (Wildman–Crippen MR) is 221 cm³/mol. The van der Waals surface area contributed by atoms with E-state index in [0.717, 1.165) is 61.1 Å². The Morgan fingerprint density at radius 3 is 2.09 bits per heavy atom. The number of fused-ring (bicyclic) bond motifs is 3. The Balaban J connectivity index is 0.000000206. The molecule has 0 aliphatic heterocycles. The van der Waals surface area contributed by atoms with Crippen LogP contribution in [0.15, 0.2) is 120 Å². The van der Waals surface area contributed by atoms with Gasteiger partial charge in [-0.05, 0) is 42.0 Å². The van der Waals surface area contributed by atoms with Crippen LogP contribution in [0.2, 0.25) is 17.3 Å². The summed E-state index contributed by atoms with van der Waals surface area (Å²) < 4.78 is 12.0. The largest absolute Gasteiger partial charge is 0 e. The van der Waals surface area contributed by atoms with E-state index in [1.54, 1.807) is 0 Å². The van der Waals surface area contributed by atoms with Gasteiger partial charge >= 0.3 is 119 Å². The molecule has 1 radical (unpaired) electrons. The summed E-state index contributed by atoms with van der Waals surface area (Å²) in [5.41, 5.74) is 13.3. The van der Waals surface area contributed by atoms with Crippen molar-refractivity contribution in [1.82, 2.24) is 0 Å². The number of nitrogens with zero attached hydrogens (tertiary/aromatic N) is 2. The summed E-state index contributed by atoms with van der Waals surface area (Å²) in [5.74, 6) is 7.88. The molecule has 53 heavy (non-hydrogen) atoms. The second kappa shape index (κ2) is 15.9. The van der Waals surface area contributed by atoms with E-state index in [0.29, 0.717) is 5.92 Å². The van der Waals surface area contributed by atoms with Crippen LogP contribution in [-0.2, 0) is 20.1 Å². The Morgan fingerprint density at radius 2 is 1.38 bits per heavy atom. The second-order valence-electron chi connectivity index (χ2n) is 15.4. The van der Waals surface area contributed by atoms with E-state index in [1.165, 1.54) is 53.2 Å². The van der Waals surface area contributed by atoms with Crippen LogP contribution in [0.4, 0.5) is 0 Å². The molecule has 3 nitrogen and oxygen atoms in total. The van der Waals surface area contributed by atoms with E-state index < -0.39 is 13.3 Å². The van der Waals surface area contributed by atoms with Gasteiger partial charge in [-0.2, -0.15) is 18.6 Å². The summed E-state index contributed by atoms with van der Waals surface area (Å²) in [4.78, 5) is 0. The molecule has 1 saturated carbocycles. The number of hydrogen-bond donors (Lipinski definition) is 0. The molecule has 0 N–H and O–H groups in total. The quantitative estimate of drug-likeness (QED) is 0.0957. The fourth-order valence-corrected chi connectivity index (χ4v) is 11.7. The topological polar surface area (TPSA) is 20.9 Å². The number of pyridine rings is 2. The Labute approximate surface area is 332 Å². The fourth-order valence-electron chi connectivity index (χ4n) is 7.90. The maximum absolute atomic E-state index is 6.54. The average Bonchev–Trinajstić information content (AvgIpc) is 3.51. The van der Waals surface area contributed by atoms with Gasteiger partial charge in [-0.3, -0.25) is 0 Å². The van der Waals surface area contributed by atoms with Gasteiger partial charge in [-0.25, -0.2) is 0 Å². The van der Waals surface area contributed by atoms with Crippen molar-refractivity contribution >= 4 is 39.6 Å². The summed E-state index contributed by atoms with van der Waals surface area (Å²) in [6.45, 7) is 10.7. The monoisotopic (exact) mass is 937 g/mol. The molecule has 0 amide bonds. The number of rotatable bonds is 5. The van der Waals surface area contributed by atoms with Crippen molar-refractivity contribution in [3.63, 3.8) is 0 Å². The van der Waals surface area contributed by atoms with Crippen LogP contribution >= 0.6 is 0 Å². The Hall–Kier alpha value is -4.35. The predicted octanol–water partition coefficient (Wildman–Crippen LogP) is 11.4. The van der Waals surface area contributed by atoms with Crippen molar-refractivity contribution in [2.45, 2.75) is 62.2 Å². The first-order valence-electron chi connectivity index (χ1n) is 18.5. The molecule has 8 rings (SSSR count). The summed E-state index contributed by atoms with van der Waals surface area (Å²) >= 11 is -1.83. The maximum Gasteiger partial charge on any atom is 0 e. The van der Waals surface area contributed by atoms with Crippen molar-refractivity contribution in [3.8, 4) is 33.6 Å². The molecule has 3 aromatic heterocycles. The van der Waals surface area contributed by atoms with E-state index in [4.69, 9.17) is 4.42 Å². The number of aromatic nitrogens is 2. The SMILES string of the molecule is [CH2-]c1ccc2c(oc3cc(-c4ccccc4)ccc32)c1-c1cc(C2CCCCC2)cc[n+]1[CH2-].[CH2-]c1ccccc1-c1cc(C)[c]([Ge]([CH3])([CH3])[CH3])c[n+]1[CH2-].[Ir]. The molecule has 3 heterocycles. The van der Waals surface area contributed by atoms with E-state index in [-0.39, 0.29) is 20.1 Å². The average molecular weight is 936 g/mol. The summed E-state index contributed by atoms with van der Waals surface area (Å²) in [5, 5.41) is 2.25. The van der Waals surface area contributed by atoms with E-state index >= 15 is 0 Å². The third-order valence-electron chi connectivity index (χ3n) is 10.7. The molecular weight excluding hydrogens is 885 g/mol. The van der Waals surface area contributed by atoms with Crippen molar-refractivity contribution in [1.29, 1.82) is 0 Å². The van der Waals surface area contributed by atoms with E-state index in [9.17, 15) is 0 Å². The van der Waals surface area contributed by atoms with Gasteiger partial charge in [0, 0.05) is 37.9 Å². The fraction of sp³-hybridized carbons (Fsp3) is 0.208. The molecular formula is C48H50GeIrN2O-2. The van der Waals surface area contributed by atoms with Gasteiger partial charge in [0.05, 0.1) is 17.5 Å². The summed E-state index contributed by atoms with van der Waals surface area (Å²) in [6, 6.07) is 36.2. The third kappa shape index (κ3) is 7.97. The first-order valence-corrected chi connectivity index (χ1v) is 25.9. The smallest absolute Gasteiger partial charge is 0 e. The molecule has 0 unspecified atom stereocenters. The van der Waals surface area contributed by atoms with Crippen LogP contribution in [0.25, 0.3) is 55.6 Å². The zero-order valence-corrected chi connectivity index (χ0v) is 36.0. The van der Waals surface area contributed by atoms with Gasteiger partial charge in [-0.15, -0.1) is 6.07 Å². The minimum absolute atomic E-state index is 0. The van der Waals surface area contributed by atoms with E-state index in [1.807, 2.05) is 27.3 Å². The first-order chi connectivity index (χ1) is 25.0. The zero-order valence-electron chi connectivity index (χ0n) is 31.5. The molecule has 0 spiro atoms. The number of aryl methyl sites for hydroxylation is 1. The molecule has 5 heteroatoms. The Kier molecular flexibility index (Phi) is 11.5. The van der Waals surface area contributed by atoms with Crippen molar-refractivity contribution in [2.24, 2.45) is 0 Å². The maximum atomic E-state index is 6.54. The molecule has 0 saturated heterocycles. The van der Waals surface area contributed by atoms with Gasteiger partial charge in [-0.1, -0.05) is 78.9 Å². The van der Waals surface area contributed by atoms with E-state index in [2.05, 4.69) is 149 Å². The molecule has 4 aromatic carbocycles. The molecule has 1 fully saturated rings. The van der Waals surface area contributed by atoms with Crippen LogP contribution in [0, 0.1) is 34.9 Å². The van der Waals surface area contributed by atoms with Gasteiger partial charge in [0.25, 0.3) is 0 Å². The standard InChI is InChI=1S/C31H28NO.C17H22GeN.Ir/c1-21-13-15-27-26-16-14-24(22-9-5-3-6-10-22)20-29(26)33-31(27)30(21)28-19-25(17-18-32(28)2)23-11-7-4-8-12-23;1-13-9-7-8-10-15(13)17-11-14(2)16(12-19(17)6)18(3,4)5;/h3,5-6,9-10,13-20,23H,1-2,4,7-8,11-12H2;7-12H,1,6H2,2-5H3;/q2*-1;. The number of hydrogen-bond acceptors (Lipinski definition) is 1. The van der Waals surface area contributed by atoms with Crippen LogP contribution in [0.1, 0.15) is 60.3 Å². The van der Waals surface area contributed by atoms with Gasteiger partial charge in [0.2, 0.25) is 0 Å². The minimum Gasteiger partial charge on any atom is 0 e. The summed E-state index contributed by atoms with van der Waals surface area (Å²) in [6.07, 6.45) is 10.9. The molecule has 273 valence electrons. The molecule has 0 bridgehead atoms. The van der Waals surface area contributed by atoms with Crippen LogP contribution in [0.5, 0.6) is 0 Å². The molecule has 1 aliphatic carbocycles. The third-order valence-corrected chi connectivity index (χ3v) is 15.2. The van der Waals surface area contributed by atoms with Gasteiger partial charge in [0.1, 0.15) is 5.58 Å². The van der Waals surface area contributed by atoms with Crippen molar-refractivity contribution < 1.29 is 33.7 Å². The molecule has 1 aliphatic rings. The zero-order chi connectivity index (χ0) is 36.6. The first kappa shape index (κ1) is 38.4. The Bertz CT molecular complexity index is 2380. The van der Waals surface area contributed by atoms with Crippen LogP contribution in [-0.4, -0.2) is 13.3 Å². The van der Waals surface area contributed by atoms with Crippen molar-refractivity contribution in [2.75, 3.05) is 0 Å². The number of furan rings is 1. The van der Waals surface area contributed by atoms with Gasteiger partial charge in [0.15, 0.2) is 0 Å². The normalized spacial score (nSPS) is 13.4.